The number of fused-ring (bicyclic) bond motifs is 1. The molecule has 0 spiro atoms. The summed E-state index contributed by atoms with van der Waals surface area (Å²) in [4.78, 5) is 29.4. The first-order valence-corrected chi connectivity index (χ1v) is 10.7. The van der Waals surface area contributed by atoms with Crippen LogP contribution in [0, 0.1) is 6.92 Å². The summed E-state index contributed by atoms with van der Waals surface area (Å²) in [6.45, 7) is 2.49. The lowest BCUT2D eigenvalue weighted by atomic mass is 10.1. The Labute approximate surface area is 182 Å². The zero-order valence-corrected chi connectivity index (χ0v) is 17.8. The molecule has 2 heterocycles. The Bertz CT molecular complexity index is 1250. The number of aryl methyl sites for hydroxylation is 1. The van der Waals surface area contributed by atoms with Gasteiger partial charge in [0.2, 0.25) is 10.9 Å². The molecule has 4 aromatic rings. The maximum absolute atomic E-state index is 12.4. The summed E-state index contributed by atoms with van der Waals surface area (Å²) in [6, 6.07) is 15.3. The molecule has 1 amide bonds. The van der Waals surface area contributed by atoms with Crippen LogP contribution < -0.4 is 10.9 Å². The molecule has 0 atom stereocenters. The number of aromatic nitrogens is 3. The van der Waals surface area contributed by atoms with Crippen LogP contribution in [0.5, 0.6) is 0 Å². The lowest BCUT2D eigenvalue weighted by Gasteiger charge is -2.06. The Balaban J connectivity index is 1.49. The van der Waals surface area contributed by atoms with Gasteiger partial charge in [0.05, 0.1) is 12.1 Å². The lowest BCUT2D eigenvalue weighted by Crippen LogP contribution is -2.26. The number of carbonyl (C=O) groups excluding carboxylic acids is 1. The number of nitrogens with one attached hydrogen (secondary N) is 1. The summed E-state index contributed by atoms with van der Waals surface area (Å²) in [5.74, 6) is -0.116. The summed E-state index contributed by atoms with van der Waals surface area (Å²) in [6.07, 6.45) is 0.505. The van der Waals surface area contributed by atoms with Crippen molar-refractivity contribution in [2.24, 2.45) is 0 Å². The van der Waals surface area contributed by atoms with Gasteiger partial charge in [-0.25, -0.2) is 4.52 Å². The predicted molar refractivity (Wildman–Crippen MR) is 118 cm³/mol. The molecular formula is C22H19ClN4O2S. The monoisotopic (exact) mass is 438 g/mol. The molecule has 0 unspecified atom stereocenters. The number of hydrogen-bond acceptors (Lipinski definition) is 5. The van der Waals surface area contributed by atoms with Crippen LogP contribution in [-0.2, 0) is 24.2 Å². The van der Waals surface area contributed by atoms with E-state index in [1.807, 2.05) is 48.7 Å². The first-order chi connectivity index (χ1) is 14.5. The third-order valence-electron chi connectivity index (χ3n) is 4.66. The van der Waals surface area contributed by atoms with Gasteiger partial charge in [-0.05, 0) is 30.2 Å². The third-order valence-corrected chi connectivity index (χ3v) is 5.77. The van der Waals surface area contributed by atoms with Crippen molar-refractivity contribution in [3.8, 4) is 0 Å². The minimum Gasteiger partial charge on any atom is -0.352 e. The second-order valence-electron chi connectivity index (χ2n) is 7.03. The molecule has 0 saturated heterocycles. The molecule has 152 valence electrons. The second-order valence-corrected chi connectivity index (χ2v) is 8.30. The molecule has 0 radical (unpaired) electrons. The molecular weight excluding hydrogens is 420 g/mol. The molecule has 4 rings (SSSR count). The van der Waals surface area contributed by atoms with Crippen molar-refractivity contribution in [3.05, 3.63) is 97.4 Å². The zero-order chi connectivity index (χ0) is 21.1. The minimum absolute atomic E-state index is 0.116. The van der Waals surface area contributed by atoms with Gasteiger partial charge >= 0.3 is 0 Å². The van der Waals surface area contributed by atoms with Crippen molar-refractivity contribution in [1.82, 2.24) is 19.9 Å². The average molecular weight is 439 g/mol. The van der Waals surface area contributed by atoms with Crippen LogP contribution in [0.3, 0.4) is 0 Å². The van der Waals surface area contributed by atoms with Crippen molar-refractivity contribution in [2.45, 2.75) is 26.3 Å². The van der Waals surface area contributed by atoms with Crippen molar-refractivity contribution in [2.75, 3.05) is 0 Å². The number of amides is 1. The summed E-state index contributed by atoms with van der Waals surface area (Å²) < 4.78 is 1.59. The molecule has 0 aliphatic heterocycles. The van der Waals surface area contributed by atoms with Gasteiger partial charge in [-0.3, -0.25) is 9.59 Å². The maximum atomic E-state index is 12.4. The van der Waals surface area contributed by atoms with Gasteiger partial charge in [0.1, 0.15) is 5.69 Å². The van der Waals surface area contributed by atoms with E-state index in [4.69, 9.17) is 11.6 Å². The topological polar surface area (TPSA) is 76.4 Å². The summed E-state index contributed by atoms with van der Waals surface area (Å²) in [5.41, 5.74) is 3.80. The quantitative estimate of drug-likeness (QED) is 0.499. The third kappa shape index (κ3) is 4.75. The number of hydrogen-bond donors (Lipinski definition) is 1. The fourth-order valence-corrected chi connectivity index (χ4v) is 3.94. The molecule has 6 nitrogen and oxygen atoms in total. The molecule has 0 aliphatic carbocycles. The highest BCUT2D eigenvalue weighted by atomic mass is 35.5. The van der Waals surface area contributed by atoms with E-state index in [0.717, 1.165) is 11.1 Å². The Morgan fingerprint density at radius 1 is 1.10 bits per heavy atom. The smallest absolute Gasteiger partial charge is 0.296 e. The SMILES string of the molecule is Cc1ccc(CNC(=O)Cc2csc3nc(=O)c(Cc4ccc(Cl)cc4)nn23)cc1. The number of carbonyl (C=O) groups is 1. The summed E-state index contributed by atoms with van der Waals surface area (Å²) in [7, 11) is 0. The van der Waals surface area contributed by atoms with Gasteiger partial charge in [-0.15, -0.1) is 11.3 Å². The largest absolute Gasteiger partial charge is 0.352 e. The first-order valence-electron chi connectivity index (χ1n) is 9.41. The van der Waals surface area contributed by atoms with E-state index in [0.29, 0.717) is 34.3 Å². The van der Waals surface area contributed by atoms with Gasteiger partial charge in [0, 0.05) is 23.4 Å². The first kappa shape index (κ1) is 20.3. The average Bonchev–Trinajstić information content (AvgIpc) is 3.11. The van der Waals surface area contributed by atoms with Gasteiger partial charge in [0.15, 0.2) is 0 Å². The predicted octanol–water partition coefficient (Wildman–Crippen LogP) is 3.56. The summed E-state index contributed by atoms with van der Waals surface area (Å²) in [5, 5.41) is 9.84. The Hall–Kier alpha value is -3.03. The Kier molecular flexibility index (Phi) is 5.92. The zero-order valence-electron chi connectivity index (χ0n) is 16.3. The lowest BCUT2D eigenvalue weighted by molar-refractivity contribution is -0.120. The molecule has 0 fully saturated rings. The van der Waals surface area contributed by atoms with E-state index in [1.54, 1.807) is 16.6 Å². The van der Waals surface area contributed by atoms with Crippen LogP contribution in [-0.4, -0.2) is 20.5 Å². The molecule has 2 aromatic heterocycles. The van der Waals surface area contributed by atoms with E-state index >= 15 is 0 Å². The normalized spacial score (nSPS) is 11.0. The van der Waals surface area contributed by atoms with Crippen LogP contribution in [0.1, 0.15) is 28.1 Å². The number of benzene rings is 2. The molecule has 0 bridgehead atoms. The Morgan fingerprint density at radius 2 is 1.80 bits per heavy atom. The molecule has 30 heavy (non-hydrogen) atoms. The molecule has 1 N–H and O–H groups in total. The van der Waals surface area contributed by atoms with Gasteiger partial charge < -0.3 is 5.32 Å². The standard InChI is InChI=1S/C22H19ClN4O2S/c1-14-2-4-16(5-3-14)12-24-20(28)11-18-13-30-22-25-21(29)19(26-27(18)22)10-15-6-8-17(23)9-7-15/h2-9,13H,10-12H2,1H3,(H,24,28). The number of nitrogens with zero attached hydrogens (tertiary/aromatic N) is 3. The van der Waals surface area contributed by atoms with Crippen LogP contribution in [0.4, 0.5) is 0 Å². The van der Waals surface area contributed by atoms with Crippen molar-refractivity contribution < 1.29 is 4.79 Å². The minimum atomic E-state index is -0.359. The summed E-state index contributed by atoms with van der Waals surface area (Å²) >= 11 is 7.21. The molecule has 0 saturated carbocycles. The van der Waals surface area contributed by atoms with Gasteiger partial charge in [-0.2, -0.15) is 10.1 Å². The highest BCUT2D eigenvalue weighted by Gasteiger charge is 2.14. The molecule has 2 aromatic carbocycles. The second kappa shape index (κ2) is 8.77. The van der Waals surface area contributed by atoms with Gasteiger partial charge in [0.25, 0.3) is 5.56 Å². The number of rotatable bonds is 6. The molecule has 0 aliphatic rings. The van der Waals surface area contributed by atoms with E-state index in [1.165, 1.54) is 16.9 Å². The fourth-order valence-electron chi connectivity index (χ4n) is 3.00. The van der Waals surface area contributed by atoms with Crippen molar-refractivity contribution in [1.29, 1.82) is 0 Å². The van der Waals surface area contributed by atoms with E-state index in [-0.39, 0.29) is 17.9 Å². The highest BCUT2D eigenvalue weighted by Crippen LogP contribution is 2.15. The Morgan fingerprint density at radius 3 is 2.53 bits per heavy atom. The van der Waals surface area contributed by atoms with Crippen LogP contribution >= 0.6 is 22.9 Å². The van der Waals surface area contributed by atoms with Crippen LogP contribution in [0.15, 0.2) is 58.7 Å². The van der Waals surface area contributed by atoms with E-state index in [2.05, 4.69) is 15.4 Å². The van der Waals surface area contributed by atoms with E-state index < -0.39 is 0 Å². The number of thiazole rings is 1. The van der Waals surface area contributed by atoms with Crippen molar-refractivity contribution in [3.63, 3.8) is 0 Å². The highest BCUT2D eigenvalue weighted by molar-refractivity contribution is 7.15. The van der Waals surface area contributed by atoms with Gasteiger partial charge in [-0.1, -0.05) is 53.6 Å². The number of halogens is 1. The fraction of sp³-hybridized carbons (Fsp3) is 0.182. The molecule has 8 heteroatoms. The van der Waals surface area contributed by atoms with E-state index in [9.17, 15) is 9.59 Å². The van der Waals surface area contributed by atoms with Crippen molar-refractivity contribution >= 4 is 33.8 Å². The van der Waals surface area contributed by atoms with Crippen LogP contribution in [0.25, 0.3) is 4.96 Å². The maximum Gasteiger partial charge on any atom is 0.296 e. The van der Waals surface area contributed by atoms with Crippen LogP contribution in [0.2, 0.25) is 5.02 Å².